The maximum Gasteiger partial charge on any atom is 0.323 e. The van der Waals surface area contributed by atoms with Gasteiger partial charge in [-0.1, -0.05) is 0 Å². The summed E-state index contributed by atoms with van der Waals surface area (Å²) in [6.07, 6.45) is 4.31. The highest BCUT2D eigenvalue weighted by Gasteiger charge is 2.33. The zero-order valence-corrected chi connectivity index (χ0v) is 10.7. The lowest BCUT2D eigenvalue weighted by molar-refractivity contribution is -0.135. The Bertz CT molecular complexity index is 566. The van der Waals surface area contributed by atoms with Crippen LogP contribution in [0.1, 0.15) is 12.8 Å². The van der Waals surface area contributed by atoms with Crippen LogP contribution < -0.4 is 4.90 Å². The average Bonchev–Trinajstić information content (AvgIpc) is 3.08. The second-order valence-corrected chi connectivity index (χ2v) is 6.33. The molecule has 6 nitrogen and oxygen atoms in total. The molecule has 0 aliphatic heterocycles. The zero-order chi connectivity index (χ0) is 13.3. The van der Waals surface area contributed by atoms with E-state index < -0.39 is 15.8 Å². The van der Waals surface area contributed by atoms with Crippen molar-refractivity contribution in [1.29, 1.82) is 0 Å². The minimum atomic E-state index is -3.42. The van der Waals surface area contributed by atoms with Gasteiger partial charge in [0.05, 0.1) is 0 Å². The fourth-order valence-electron chi connectivity index (χ4n) is 1.80. The number of hydrogen-bond acceptors (Lipinski definition) is 5. The highest BCUT2D eigenvalue weighted by atomic mass is 32.2. The first-order valence-corrected chi connectivity index (χ1v) is 7.42. The third-order valence-corrected chi connectivity index (χ3v) is 3.83. The molecule has 1 aliphatic rings. The van der Waals surface area contributed by atoms with Crippen molar-refractivity contribution in [2.45, 2.75) is 23.8 Å². The molecule has 18 heavy (non-hydrogen) atoms. The fraction of sp³-hybridized carbons (Fsp3) is 0.455. The predicted octanol–water partition coefficient (Wildman–Crippen LogP) is 0.539. The second-order valence-electron chi connectivity index (χ2n) is 4.35. The number of carboxylic acids is 1. The van der Waals surface area contributed by atoms with E-state index in [1.54, 1.807) is 4.90 Å². The van der Waals surface area contributed by atoms with Crippen LogP contribution in [-0.4, -0.2) is 43.3 Å². The lowest BCUT2D eigenvalue weighted by Crippen LogP contribution is -2.33. The van der Waals surface area contributed by atoms with Crippen LogP contribution >= 0.6 is 0 Å². The Morgan fingerprint density at radius 3 is 2.72 bits per heavy atom. The Kier molecular flexibility index (Phi) is 3.25. The molecule has 0 saturated heterocycles. The molecule has 0 spiro atoms. The molecule has 1 aromatic rings. The average molecular weight is 270 g/mol. The van der Waals surface area contributed by atoms with Crippen LogP contribution in [-0.2, 0) is 14.6 Å². The molecule has 7 heteroatoms. The van der Waals surface area contributed by atoms with E-state index in [1.165, 1.54) is 18.3 Å². The summed E-state index contributed by atoms with van der Waals surface area (Å²) < 4.78 is 23.3. The van der Waals surface area contributed by atoms with Crippen LogP contribution in [0.4, 0.5) is 5.82 Å². The van der Waals surface area contributed by atoms with Gasteiger partial charge in [-0.2, -0.15) is 0 Å². The van der Waals surface area contributed by atoms with Crippen molar-refractivity contribution in [1.82, 2.24) is 4.98 Å². The van der Waals surface area contributed by atoms with Crippen molar-refractivity contribution in [3.05, 3.63) is 18.3 Å². The minimum absolute atomic E-state index is 0.0801. The number of aromatic nitrogens is 1. The van der Waals surface area contributed by atoms with E-state index in [9.17, 15) is 13.2 Å². The first-order valence-electron chi connectivity index (χ1n) is 5.53. The SMILES string of the molecule is CS(=O)(=O)c1cccnc1N(CC(=O)O)C1CC1. The van der Waals surface area contributed by atoms with Crippen molar-refractivity contribution in [3.8, 4) is 0 Å². The van der Waals surface area contributed by atoms with Gasteiger partial charge in [-0.15, -0.1) is 0 Å². The molecule has 1 aliphatic carbocycles. The number of carbonyl (C=O) groups is 1. The number of anilines is 1. The Labute approximate surface area is 105 Å². The number of aliphatic carboxylic acids is 1. The Balaban J connectivity index is 2.44. The molecule has 0 aromatic carbocycles. The van der Waals surface area contributed by atoms with Crippen molar-refractivity contribution in [2.75, 3.05) is 17.7 Å². The molecule has 0 amide bonds. The first kappa shape index (κ1) is 12.8. The van der Waals surface area contributed by atoms with Gasteiger partial charge in [0, 0.05) is 18.5 Å². The summed E-state index contributed by atoms with van der Waals surface area (Å²) in [5.74, 6) is -0.753. The first-order chi connectivity index (χ1) is 8.39. The maximum atomic E-state index is 11.7. The molecule has 98 valence electrons. The minimum Gasteiger partial charge on any atom is -0.480 e. The predicted molar refractivity (Wildman–Crippen MR) is 65.4 cm³/mol. The van der Waals surface area contributed by atoms with Crippen LogP contribution in [0.2, 0.25) is 0 Å². The number of sulfone groups is 1. The van der Waals surface area contributed by atoms with E-state index in [2.05, 4.69) is 4.98 Å². The second kappa shape index (κ2) is 4.56. The molecule has 0 radical (unpaired) electrons. The van der Waals surface area contributed by atoms with Gasteiger partial charge < -0.3 is 10.0 Å². The van der Waals surface area contributed by atoms with Crippen LogP contribution in [0, 0.1) is 0 Å². The lowest BCUT2D eigenvalue weighted by Gasteiger charge is -2.23. The number of rotatable bonds is 5. The largest absolute Gasteiger partial charge is 0.480 e. The summed E-state index contributed by atoms with van der Waals surface area (Å²) in [5.41, 5.74) is 0. The molecule has 1 aromatic heterocycles. The Hall–Kier alpha value is -1.63. The van der Waals surface area contributed by atoms with Crippen LogP contribution in [0.15, 0.2) is 23.2 Å². The summed E-state index contributed by atoms with van der Waals surface area (Å²) >= 11 is 0. The van der Waals surface area contributed by atoms with Gasteiger partial charge in [-0.3, -0.25) is 4.79 Å². The number of pyridine rings is 1. The quantitative estimate of drug-likeness (QED) is 0.840. The molecule has 0 unspecified atom stereocenters. The van der Waals surface area contributed by atoms with Crippen molar-refractivity contribution < 1.29 is 18.3 Å². The molecule has 0 atom stereocenters. The third kappa shape index (κ3) is 2.79. The molecule has 0 bridgehead atoms. The van der Waals surface area contributed by atoms with E-state index in [-0.39, 0.29) is 23.3 Å². The van der Waals surface area contributed by atoms with Gasteiger partial charge >= 0.3 is 5.97 Å². The summed E-state index contributed by atoms with van der Waals surface area (Å²) in [5, 5.41) is 8.90. The monoisotopic (exact) mass is 270 g/mol. The van der Waals surface area contributed by atoms with E-state index in [0.717, 1.165) is 19.1 Å². The van der Waals surface area contributed by atoms with Gasteiger partial charge in [0.15, 0.2) is 9.84 Å². The number of hydrogen-bond donors (Lipinski definition) is 1. The molecule has 2 rings (SSSR count). The van der Waals surface area contributed by atoms with Gasteiger partial charge in [0.1, 0.15) is 17.3 Å². The smallest absolute Gasteiger partial charge is 0.323 e. The topological polar surface area (TPSA) is 87.6 Å². The molecule has 1 saturated carbocycles. The molecule has 1 heterocycles. The highest BCUT2D eigenvalue weighted by molar-refractivity contribution is 7.90. The van der Waals surface area contributed by atoms with Crippen molar-refractivity contribution in [2.24, 2.45) is 0 Å². The molecule has 1 fully saturated rings. The van der Waals surface area contributed by atoms with Crippen LogP contribution in [0.3, 0.4) is 0 Å². The van der Waals surface area contributed by atoms with Gasteiger partial charge in [0.2, 0.25) is 0 Å². The van der Waals surface area contributed by atoms with Crippen LogP contribution in [0.5, 0.6) is 0 Å². The highest BCUT2D eigenvalue weighted by Crippen LogP contribution is 2.33. The fourth-order valence-corrected chi connectivity index (χ4v) is 2.62. The lowest BCUT2D eigenvalue weighted by atomic mass is 10.4. The van der Waals surface area contributed by atoms with Gasteiger partial charge in [-0.25, -0.2) is 13.4 Å². The summed E-state index contributed by atoms with van der Waals surface area (Å²) in [4.78, 5) is 16.5. The van der Waals surface area contributed by atoms with E-state index in [4.69, 9.17) is 5.11 Å². The third-order valence-electron chi connectivity index (χ3n) is 2.72. The van der Waals surface area contributed by atoms with E-state index in [1.807, 2.05) is 0 Å². The van der Waals surface area contributed by atoms with Crippen LogP contribution in [0.25, 0.3) is 0 Å². The van der Waals surface area contributed by atoms with E-state index in [0.29, 0.717) is 0 Å². The maximum absolute atomic E-state index is 11.7. The van der Waals surface area contributed by atoms with Gasteiger partial charge in [0.25, 0.3) is 0 Å². The summed E-state index contributed by atoms with van der Waals surface area (Å²) in [6.45, 7) is -0.232. The van der Waals surface area contributed by atoms with E-state index >= 15 is 0 Å². The summed E-state index contributed by atoms with van der Waals surface area (Å²) in [7, 11) is -3.42. The Morgan fingerprint density at radius 2 is 2.22 bits per heavy atom. The normalized spacial score (nSPS) is 15.4. The zero-order valence-electron chi connectivity index (χ0n) is 9.91. The molecule has 1 N–H and O–H groups in total. The van der Waals surface area contributed by atoms with Crippen molar-refractivity contribution in [3.63, 3.8) is 0 Å². The number of nitrogens with zero attached hydrogens (tertiary/aromatic N) is 2. The molecular formula is C11H14N2O4S. The van der Waals surface area contributed by atoms with Gasteiger partial charge in [-0.05, 0) is 25.0 Å². The number of carboxylic acid groups (broad SMARTS) is 1. The van der Waals surface area contributed by atoms with Crippen molar-refractivity contribution >= 4 is 21.6 Å². The summed E-state index contributed by atoms with van der Waals surface area (Å²) in [6, 6.07) is 3.07. The Morgan fingerprint density at radius 1 is 1.56 bits per heavy atom. The molecular weight excluding hydrogens is 256 g/mol. The standard InChI is InChI=1S/C11H14N2O4S/c1-18(16,17)9-3-2-6-12-11(9)13(7-10(14)15)8-4-5-8/h2-3,6,8H,4-5,7H2,1H3,(H,14,15).